The first kappa shape index (κ1) is 39.5. The van der Waals surface area contributed by atoms with E-state index in [1.54, 1.807) is 12.1 Å². The number of aryl methyl sites for hydroxylation is 1. The quantitative estimate of drug-likeness (QED) is 0.0290. The average Bonchev–Trinajstić information content (AvgIpc) is 3.83. The number of hydrogen-bond acceptors (Lipinski definition) is 6. The Morgan fingerprint density at radius 1 is 1.02 bits per heavy atom. The fourth-order valence-corrected chi connectivity index (χ4v) is 8.39. The molecule has 4 aromatic carbocycles. The number of H-pyrrole nitrogens is 1. The maximum Gasteiger partial charge on any atom is 0.268 e. The summed E-state index contributed by atoms with van der Waals surface area (Å²) in [5.74, 6) is 1.67. The number of azide groups is 1. The van der Waals surface area contributed by atoms with Crippen LogP contribution in [0, 0.1) is 39.9 Å². The fraction of sp³-hybridized carbons (Fsp3) is 0.268. The number of unbranched alkanes of at least 4 members (excludes halogenated alkanes) is 1. The summed E-state index contributed by atoms with van der Waals surface area (Å²) in [6.07, 6.45) is 10.4. The third kappa shape index (κ3) is 8.24. The number of nitrogens with one attached hydrogen (secondary N) is 1. The molecule has 1 unspecified atom stereocenters. The van der Waals surface area contributed by atoms with Crippen molar-refractivity contribution in [1.82, 2.24) is 19.2 Å². The molecule has 1 atom stereocenters. The van der Waals surface area contributed by atoms with E-state index >= 15 is 8.78 Å². The monoisotopic (exact) mass is 873 g/mol. The first-order valence-corrected chi connectivity index (χ1v) is 20.0. The maximum atomic E-state index is 16.1. The zero-order chi connectivity index (χ0) is 39.5. The van der Waals surface area contributed by atoms with Gasteiger partial charge >= 0.3 is 0 Å². The molecule has 2 aromatic heterocycles. The molecule has 0 saturated carbocycles. The van der Waals surface area contributed by atoms with E-state index in [0.29, 0.717) is 5.82 Å². The lowest BCUT2D eigenvalue weighted by atomic mass is 9.76. The van der Waals surface area contributed by atoms with E-state index in [1.165, 1.54) is 42.6 Å². The molecule has 0 saturated heterocycles. The third-order valence-corrected chi connectivity index (χ3v) is 12.2. The molecule has 1 N–H and O–H groups in total. The number of halogens is 3. The predicted octanol–water partition coefficient (Wildman–Crippen LogP) is 11.0. The van der Waals surface area contributed by atoms with Crippen molar-refractivity contribution in [3.05, 3.63) is 133 Å². The number of hydrogen-bond donors (Lipinski definition) is 1. The van der Waals surface area contributed by atoms with Crippen LogP contribution in [0.25, 0.3) is 32.7 Å². The molecule has 0 bridgehead atoms. The molecule has 0 aliphatic heterocycles. The number of terminal acetylenes is 1. The Bertz CT molecular complexity index is 2590. The first-order valence-electron chi connectivity index (χ1n) is 17.5. The summed E-state index contributed by atoms with van der Waals surface area (Å²) < 4.78 is 66.8. The van der Waals surface area contributed by atoms with Crippen LogP contribution in [0.3, 0.4) is 0 Å². The minimum absolute atomic E-state index is 0.00851. The van der Waals surface area contributed by atoms with Crippen LogP contribution < -0.4 is 4.74 Å². The SMILES string of the molecule is C#CC(C)(C)CCCCC(C)(c1cccc(I)c1)c1nc(-c2cc(Oc3c(F)cc4c(ccn4S(=O)(=O)c4ccc(C)cc4)c3CN=[N+]=[N-])ccc2F)n[nH]1. The molecule has 0 radical (unpaired) electrons. The molecule has 0 amide bonds. The van der Waals surface area contributed by atoms with Crippen LogP contribution in [0.4, 0.5) is 8.78 Å². The van der Waals surface area contributed by atoms with Crippen molar-refractivity contribution < 1.29 is 21.9 Å². The molecular formula is C41H38F2IN7O3S. The van der Waals surface area contributed by atoms with E-state index < -0.39 is 27.1 Å². The average molecular weight is 874 g/mol. The number of ether oxygens (including phenoxy) is 1. The van der Waals surface area contributed by atoms with Gasteiger partial charge in [-0.3, -0.25) is 5.10 Å². The fourth-order valence-electron chi connectivity index (χ4n) is 6.51. The molecule has 0 spiro atoms. The Morgan fingerprint density at radius 3 is 2.47 bits per heavy atom. The third-order valence-electron chi connectivity index (χ3n) is 9.83. The smallest absolute Gasteiger partial charge is 0.268 e. The topological polar surface area (TPSA) is 139 Å². The Balaban J connectivity index is 1.35. The van der Waals surface area contributed by atoms with Crippen molar-refractivity contribution in [3.8, 4) is 35.2 Å². The van der Waals surface area contributed by atoms with Crippen LogP contribution in [0.15, 0.2) is 95.1 Å². The van der Waals surface area contributed by atoms with Crippen molar-refractivity contribution in [2.24, 2.45) is 10.5 Å². The second kappa shape index (κ2) is 15.9. The number of benzene rings is 4. The van der Waals surface area contributed by atoms with Gasteiger partial charge in [-0.1, -0.05) is 47.8 Å². The van der Waals surface area contributed by atoms with Crippen LogP contribution in [-0.4, -0.2) is 27.6 Å². The van der Waals surface area contributed by atoms with Gasteiger partial charge in [-0.05, 0) is 123 Å². The molecule has 282 valence electrons. The van der Waals surface area contributed by atoms with Gasteiger partial charge in [0.2, 0.25) is 0 Å². The van der Waals surface area contributed by atoms with E-state index in [4.69, 9.17) is 21.7 Å². The van der Waals surface area contributed by atoms with Gasteiger partial charge in [-0.25, -0.2) is 26.2 Å². The Kier molecular flexibility index (Phi) is 11.4. The highest BCUT2D eigenvalue weighted by Gasteiger charge is 2.33. The van der Waals surface area contributed by atoms with Crippen LogP contribution in [0.5, 0.6) is 11.5 Å². The van der Waals surface area contributed by atoms with Crippen molar-refractivity contribution in [2.45, 2.75) is 70.2 Å². The lowest BCUT2D eigenvalue weighted by Gasteiger charge is -2.28. The Morgan fingerprint density at radius 2 is 1.76 bits per heavy atom. The molecule has 0 aliphatic carbocycles. The second-order valence-corrected chi connectivity index (χ2v) is 17.3. The summed E-state index contributed by atoms with van der Waals surface area (Å²) in [5.41, 5.74) is 10.4. The van der Waals surface area contributed by atoms with E-state index in [-0.39, 0.29) is 56.2 Å². The van der Waals surface area contributed by atoms with Gasteiger partial charge in [0.25, 0.3) is 10.0 Å². The zero-order valence-corrected chi connectivity index (χ0v) is 33.6. The normalized spacial score (nSPS) is 12.9. The molecule has 14 heteroatoms. The first-order chi connectivity index (χ1) is 26.2. The van der Waals surface area contributed by atoms with Crippen molar-refractivity contribution >= 4 is 43.5 Å². The predicted molar refractivity (Wildman–Crippen MR) is 217 cm³/mol. The molecule has 2 heterocycles. The van der Waals surface area contributed by atoms with Gasteiger partial charge in [-0.2, -0.15) is 5.10 Å². The minimum Gasteiger partial charge on any atom is -0.454 e. The summed E-state index contributed by atoms with van der Waals surface area (Å²) in [6.45, 7) is 7.65. The van der Waals surface area contributed by atoms with E-state index in [0.717, 1.165) is 50.4 Å². The highest BCUT2D eigenvalue weighted by Crippen LogP contribution is 2.40. The number of aromatic amines is 1. The summed E-state index contributed by atoms with van der Waals surface area (Å²) in [7, 11) is -4.11. The number of fused-ring (bicyclic) bond motifs is 1. The number of nitrogens with zero attached hydrogens (tertiary/aromatic N) is 6. The molecule has 6 aromatic rings. The van der Waals surface area contributed by atoms with Gasteiger partial charge in [-0.15, -0.1) is 12.3 Å². The molecule has 0 fully saturated rings. The van der Waals surface area contributed by atoms with Gasteiger partial charge < -0.3 is 4.74 Å². The highest BCUT2D eigenvalue weighted by molar-refractivity contribution is 14.1. The maximum absolute atomic E-state index is 16.1. The molecule has 10 nitrogen and oxygen atoms in total. The van der Waals surface area contributed by atoms with E-state index in [9.17, 15) is 8.42 Å². The van der Waals surface area contributed by atoms with Crippen molar-refractivity contribution in [2.75, 3.05) is 0 Å². The van der Waals surface area contributed by atoms with Gasteiger partial charge in [0.15, 0.2) is 17.4 Å². The van der Waals surface area contributed by atoms with E-state index in [1.807, 2.05) is 39.0 Å². The summed E-state index contributed by atoms with van der Waals surface area (Å²) in [4.78, 5) is 7.64. The van der Waals surface area contributed by atoms with Gasteiger partial charge in [0.05, 0.1) is 27.9 Å². The molecule has 0 aliphatic rings. The van der Waals surface area contributed by atoms with Gasteiger partial charge in [0.1, 0.15) is 17.4 Å². The minimum atomic E-state index is -4.11. The number of rotatable bonds is 14. The number of aromatic nitrogens is 4. The van der Waals surface area contributed by atoms with E-state index in [2.05, 4.69) is 61.7 Å². The Labute approximate surface area is 332 Å². The highest BCUT2D eigenvalue weighted by atomic mass is 127. The second-order valence-electron chi connectivity index (χ2n) is 14.2. The summed E-state index contributed by atoms with van der Waals surface area (Å²) in [6, 6.07) is 20.8. The van der Waals surface area contributed by atoms with Crippen LogP contribution >= 0.6 is 22.6 Å². The Hall–Kier alpha value is -5.23. The standard InChI is InChI=1S/C41H38F2IN7O3S/c1-6-40(3,4)19-7-8-20-41(5,27-10-9-11-28(44)22-27)39-47-38(48-49-39)32-23-29(14-17-34(32)42)54-37-33(25-46-50-45)31-18-21-51(36(31)24-35(37)43)55(52,53)30-15-12-26(2)13-16-30/h1,9-18,21-24H,7-8,19-20,25H2,2-5H3,(H,47,48,49). The van der Waals surface area contributed by atoms with Gasteiger partial charge in [0, 0.05) is 37.1 Å². The lowest BCUT2D eigenvalue weighted by molar-refractivity contribution is 0.397. The summed E-state index contributed by atoms with van der Waals surface area (Å²) >= 11 is 2.27. The van der Waals surface area contributed by atoms with Crippen molar-refractivity contribution in [3.63, 3.8) is 0 Å². The summed E-state index contributed by atoms with van der Waals surface area (Å²) in [5, 5.41) is 11.4. The van der Waals surface area contributed by atoms with Crippen LogP contribution in [-0.2, 0) is 22.0 Å². The van der Waals surface area contributed by atoms with Crippen molar-refractivity contribution in [1.29, 1.82) is 0 Å². The zero-order valence-electron chi connectivity index (χ0n) is 30.6. The molecular weight excluding hydrogens is 835 g/mol. The van der Waals surface area contributed by atoms with Crippen LogP contribution in [0.1, 0.15) is 69.0 Å². The lowest BCUT2D eigenvalue weighted by Crippen LogP contribution is -2.26. The molecule has 55 heavy (non-hydrogen) atoms. The largest absolute Gasteiger partial charge is 0.454 e. The molecule has 6 rings (SSSR count). The van der Waals surface area contributed by atoms with Crippen LogP contribution in [0.2, 0.25) is 0 Å².